The number of nitrogens with zero attached hydrogens (tertiary/aromatic N) is 1. The summed E-state index contributed by atoms with van der Waals surface area (Å²) in [6.07, 6.45) is 1.82. The summed E-state index contributed by atoms with van der Waals surface area (Å²) in [6.45, 7) is 6.06. The van der Waals surface area contributed by atoms with Crippen LogP contribution in [0.5, 0.6) is 0 Å². The van der Waals surface area contributed by atoms with Crippen molar-refractivity contribution in [3.8, 4) is 0 Å². The van der Waals surface area contributed by atoms with E-state index in [4.69, 9.17) is 9.72 Å². The van der Waals surface area contributed by atoms with E-state index in [-0.39, 0.29) is 5.91 Å². The lowest BCUT2D eigenvalue weighted by Gasteiger charge is -2.10. The number of amides is 1. The molecule has 3 aromatic rings. The number of fused-ring (bicyclic) bond motifs is 1. The van der Waals surface area contributed by atoms with Gasteiger partial charge in [0.15, 0.2) is 0 Å². The second kappa shape index (κ2) is 10.2. The van der Waals surface area contributed by atoms with E-state index in [0.717, 1.165) is 33.7 Å². The number of para-hydroxylation sites is 1. The van der Waals surface area contributed by atoms with E-state index in [1.165, 1.54) is 5.56 Å². The first-order valence-electron chi connectivity index (χ1n) is 9.73. The van der Waals surface area contributed by atoms with E-state index in [0.29, 0.717) is 25.3 Å². The number of benzene rings is 2. The lowest BCUT2D eigenvalue weighted by molar-refractivity contribution is 0.0945. The molecule has 0 aliphatic heterocycles. The van der Waals surface area contributed by atoms with Gasteiger partial charge in [-0.15, -0.1) is 0 Å². The largest absolute Gasteiger partial charge is 0.382 e. The molecule has 1 amide bonds. The lowest BCUT2D eigenvalue weighted by Crippen LogP contribution is -2.25. The number of ether oxygens (including phenoxy) is 1. The number of rotatable bonds is 9. The van der Waals surface area contributed by atoms with Crippen LogP contribution in [-0.4, -0.2) is 30.6 Å². The molecule has 0 unspecified atom stereocenters. The average molecular weight is 395 g/mol. The fourth-order valence-corrected chi connectivity index (χ4v) is 3.76. The van der Waals surface area contributed by atoms with Crippen LogP contribution in [0.15, 0.2) is 64.5 Å². The van der Waals surface area contributed by atoms with Crippen molar-refractivity contribution in [2.75, 3.05) is 19.8 Å². The van der Waals surface area contributed by atoms with Crippen LogP contribution in [0.1, 0.15) is 36.2 Å². The quantitative estimate of drug-likeness (QED) is 0.513. The van der Waals surface area contributed by atoms with Gasteiger partial charge in [-0.1, -0.05) is 49.0 Å². The van der Waals surface area contributed by atoms with Crippen LogP contribution < -0.4 is 5.32 Å². The zero-order valence-electron chi connectivity index (χ0n) is 16.4. The maximum atomic E-state index is 12.8. The van der Waals surface area contributed by atoms with E-state index in [9.17, 15) is 4.79 Å². The molecular weight excluding hydrogens is 368 g/mol. The summed E-state index contributed by atoms with van der Waals surface area (Å²) in [5, 5.41) is 4.69. The Balaban J connectivity index is 1.81. The van der Waals surface area contributed by atoms with Gasteiger partial charge in [-0.3, -0.25) is 4.79 Å². The van der Waals surface area contributed by atoms with E-state index in [2.05, 4.69) is 36.5 Å². The summed E-state index contributed by atoms with van der Waals surface area (Å²) in [6, 6.07) is 18.1. The molecule has 0 radical (unpaired) electrons. The predicted molar refractivity (Wildman–Crippen MR) is 115 cm³/mol. The summed E-state index contributed by atoms with van der Waals surface area (Å²) in [5.74, 6) is -0.0710. The van der Waals surface area contributed by atoms with Crippen LogP contribution in [0.4, 0.5) is 0 Å². The summed E-state index contributed by atoms with van der Waals surface area (Å²) < 4.78 is 5.33. The third-order valence-electron chi connectivity index (χ3n) is 4.45. The lowest BCUT2D eigenvalue weighted by atomic mass is 10.1. The van der Waals surface area contributed by atoms with Crippen LogP contribution in [0.3, 0.4) is 0 Å². The smallest absolute Gasteiger partial charge is 0.252 e. The molecule has 0 fully saturated rings. The van der Waals surface area contributed by atoms with E-state index in [1.807, 2.05) is 37.3 Å². The molecule has 1 N–H and O–H groups in total. The first kappa shape index (κ1) is 20.4. The fourth-order valence-electron chi connectivity index (χ4n) is 2.92. The Hall–Kier alpha value is -2.37. The molecule has 28 heavy (non-hydrogen) atoms. The molecule has 1 heterocycles. The minimum absolute atomic E-state index is 0.0710. The number of aryl methyl sites for hydroxylation is 1. The second-order valence-corrected chi connectivity index (χ2v) is 7.52. The molecule has 2 aromatic carbocycles. The van der Waals surface area contributed by atoms with Crippen molar-refractivity contribution in [1.82, 2.24) is 10.3 Å². The van der Waals surface area contributed by atoms with Gasteiger partial charge in [0.05, 0.1) is 11.1 Å². The van der Waals surface area contributed by atoms with Crippen LogP contribution in [-0.2, 0) is 11.2 Å². The Morgan fingerprint density at radius 1 is 1.11 bits per heavy atom. The highest BCUT2D eigenvalue weighted by molar-refractivity contribution is 7.99. The van der Waals surface area contributed by atoms with Crippen molar-refractivity contribution in [3.05, 3.63) is 65.7 Å². The van der Waals surface area contributed by atoms with E-state index >= 15 is 0 Å². The Labute approximate surface area is 170 Å². The number of carbonyl (C=O) groups excluding carboxylic acids is 1. The van der Waals surface area contributed by atoms with Crippen molar-refractivity contribution in [2.45, 2.75) is 36.6 Å². The Bertz CT molecular complexity index is 926. The maximum Gasteiger partial charge on any atom is 0.252 e. The highest BCUT2D eigenvalue weighted by Gasteiger charge is 2.13. The molecule has 0 aliphatic carbocycles. The number of pyridine rings is 1. The summed E-state index contributed by atoms with van der Waals surface area (Å²) in [7, 11) is 0. The normalized spacial score (nSPS) is 10.9. The molecule has 0 saturated carbocycles. The van der Waals surface area contributed by atoms with Crippen LogP contribution in [0, 0.1) is 0 Å². The van der Waals surface area contributed by atoms with E-state index in [1.54, 1.807) is 11.8 Å². The highest BCUT2D eigenvalue weighted by Crippen LogP contribution is 2.30. The monoisotopic (exact) mass is 394 g/mol. The van der Waals surface area contributed by atoms with Gasteiger partial charge in [-0.2, -0.15) is 0 Å². The molecule has 146 valence electrons. The standard InChI is InChI=1S/C23H26N2O2S/c1-3-17-10-12-18(13-11-17)28-22-16-20(19-8-5-6-9-21(19)25-22)23(26)24-14-7-15-27-4-2/h5-6,8-13,16H,3-4,7,14-15H2,1-2H3,(H,24,26). The third-order valence-corrected chi connectivity index (χ3v) is 5.37. The second-order valence-electron chi connectivity index (χ2n) is 6.43. The SMILES string of the molecule is CCOCCCNC(=O)c1cc(Sc2ccc(CC)cc2)nc2ccccc12. The third kappa shape index (κ3) is 5.33. The number of hydrogen-bond acceptors (Lipinski definition) is 4. The van der Waals surface area contributed by atoms with Gasteiger partial charge >= 0.3 is 0 Å². The van der Waals surface area contributed by atoms with Crippen molar-refractivity contribution in [1.29, 1.82) is 0 Å². The Morgan fingerprint density at radius 2 is 1.89 bits per heavy atom. The molecular formula is C23H26N2O2S. The van der Waals surface area contributed by atoms with Crippen molar-refractivity contribution in [3.63, 3.8) is 0 Å². The van der Waals surface area contributed by atoms with Crippen LogP contribution >= 0.6 is 11.8 Å². The van der Waals surface area contributed by atoms with Crippen molar-refractivity contribution < 1.29 is 9.53 Å². The zero-order valence-corrected chi connectivity index (χ0v) is 17.2. The van der Waals surface area contributed by atoms with Crippen molar-refractivity contribution >= 4 is 28.6 Å². The molecule has 0 bridgehead atoms. The summed E-state index contributed by atoms with van der Waals surface area (Å²) in [4.78, 5) is 18.6. The topological polar surface area (TPSA) is 51.2 Å². The van der Waals surface area contributed by atoms with Gasteiger partial charge in [0, 0.05) is 30.0 Å². The van der Waals surface area contributed by atoms with Gasteiger partial charge in [0.25, 0.3) is 5.91 Å². The molecule has 4 nitrogen and oxygen atoms in total. The molecule has 0 saturated heterocycles. The van der Waals surface area contributed by atoms with Crippen LogP contribution in [0.2, 0.25) is 0 Å². The molecule has 0 atom stereocenters. The minimum atomic E-state index is -0.0710. The molecule has 3 rings (SSSR count). The minimum Gasteiger partial charge on any atom is -0.382 e. The summed E-state index contributed by atoms with van der Waals surface area (Å²) in [5.41, 5.74) is 2.80. The van der Waals surface area contributed by atoms with Gasteiger partial charge < -0.3 is 10.1 Å². The van der Waals surface area contributed by atoms with E-state index < -0.39 is 0 Å². The average Bonchev–Trinajstić information content (AvgIpc) is 2.73. The number of carbonyl (C=O) groups is 1. The first-order chi connectivity index (χ1) is 13.7. The Kier molecular flexibility index (Phi) is 7.46. The molecule has 0 spiro atoms. The predicted octanol–water partition coefficient (Wildman–Crippen LogP) is 5.10. The van der Waals surface area contributed by atoms with Crippen molar-refractivity contribution in [2.24, 2.45) is 0 Å². The van der Waals surface area contributed by atoms with Gasteiger partial charge in [0.2, 0.25) is 0 Å². The molecule has 0 aliphatic rings. The number of aromatic nitrogens is 1. The maximum absolute atomic E-state index is 12.8. The Morgan fingerprint density at radius 3 is 2.64 bits per heavy atom. The molecule has 1 aromatic heterocycles. The van der Waals surface area contributed by atoms with Gasteiger partial charge in [0.1, 0.15) is 5.03 Å². The van der Waals surface area contributed by atoms with Crippen LogP contribution in [0.25, 0.3) is 10.9 Å². The number of nitrogens with one attached hydrogen (secondary N) is 1. The molecule has 5 heteroatoms. The first-order valence-corrected chi connectivity index (χ1v) is 10.6. The number of hydrogen-bond donors (Lipinski definition) is 1. The fraction of sp³-hybridized carbons (Fsp3) is 0.304. The summed E-state index contributed by atoms with van der Waals surface area (Å²) >= 11 is 1.58. The zero-order chi connectivity index (χ0) is 19.8. The van der Waals surface area contributed by atoms with Gasteiger partial charge in [-0.25, -0.2) is 4.98 Å². The van der Waals surface area contributed by atoms with Gasteiger partial charge in [-0.05, 0) is 49.6 Å². The highest BCUT2D eigenvalue weighted by atomic mass is 32.2.